The van der Waals surface area contributed by atoms with Crippen molar-refractivity contribution in [2.24, 2.45) is 11.7 Å². The summed E-state index contributed by atoms with van der Waals surface area (Å²) in [7, 11) is 0. The molecule has 21 heavy (non-hydrogen) atoms. The second-order valence-corrected chi connectivity index (χ2v) is 6.17. The Balaban J connectivity index is 1.76. The van der Waals surface area contributed by atoms with Crippen LogP contribution in [0.1, 0.15) is 38.2 Å². The second-order valence-electron chi connectivity index (χ2n) is 6.17. The van der Waals surface area contributed by atoms with Gasteiger partial charge in [-0.05, 0) is 56.2 Å². The van der Waals surface area contributed by atoms with E-state index in [4.69, 9.17) is 5.73 Å². The third-order valence-electron chi connectivity index (χ3n) is 4.19. The predicted molar refractivity (Wildman–Crippen MR) is 82.3 cm³/mol. The number of halogens is 1. The van der Waals surface area contributed by atoms with Gasteiger partial charge in [0.25, 0.3) is 0 Å². The van der Waals surface area contributed by atoms with Crippen molar-refractivity contribution < 1.29 is 9.18 Å². The van der Waals surface area contributed by atoms with Gasteiger partial charge in [-0.2, -0.15) is 0 Å². The highest BCUT2D eigenvalue weighted by atomic mass is 19.1. The number of hydrogen-bond donors (Lipinski definition) is 1. The molecule has 4 heteroatoms. The third kappa shape index (κ3) is 5.12. The van der Waals surface area contributed by atoms with Gasteiger partial charge in [0, 0.05) is 25.6 Å². The fourth-order valence-electron chi connectivity index (χ4n) is 2.89. The first-order valence-corrected chi connectivity index (χ1v) is 7.82. The van der Waals surface area contributed by atoms with Gasteiger partial charge in [-0.3, -0.25) is 4.79 Å². The van der Waals surface area contributed by atoms with Gasteiger partial charge in [-0.1, -0.05) is 12.1 Å². The topological polar surface area (TPSA) is 46.3 Å². The number of benzene rings is 1. The number of amides is 1. The molecular formula is C17H25FN2O. The first kappa shape index (κ1) is 16.0. The fourth-order valence-corrected chi connectivity index (χ4v) is 2.89. The molecule has 0 spiro atoms. The van der Waals surface area contributed by atoms with E-state index in [0.29, 0.717) is 12.3 Å². The highest BCUT2D eigenvalue weighted by Gasteiger charge is 2.22. The monoisotopic (exact) mass is 292 g/mol. The molecule has 2 rings (SSSR count). The van der Waals surface area contributed by atoms with E-state index in [1.165, 1.54) is 6.07 Å². The van der Waals surface area contributed by atoms with Crippen molar-refractivity contribution in [3.8, 4) is 0 Å². The van der Waals surface area contributed by atoms with Gasteiger partial charge in [0.2, 0.25) is 5.91 Å². The van der Waals surface area contributed by atoms with Crippen molar-refractivity contribution in [2.45, 2.75) is 45.1 Å². The molecule has 1 aliphatic heterocycles. The Kier molecular flexibility index (Phi) is 5.74. The van der Waals surface area contributed by atoms with Crippen molar-refractivity contribution in [2.75, 3.05) is 13.1 Å². The van der Waals surface area contributed by atoms with Crippen molar-refractivity contribution >= 4 is 5.91 Å². The summed E-state index contributed by atoms with van der Waals surface area (Å²) in [6.07, 6.45) is 4.20. The van der Waals surface area contributed by atoms with E-state index < -0.39 is 0 Å². The number of carbonyl (C=O) groups is 1. The third-order valence-corrected chi connectivity index (χ3v) is 4.19. The summed E-state index contributed by atoms with van der Waals surface area (Å²) in [4.78, 5) is 14.0. The minimum Gasteiger partial charge on any atom is -0.343 e. The Hall–Kier alpha value is -1.42. The van der Waals surface area contributed by atoms with Crippen LogP contribution in [0, 0.1) is 11.7 Å². The van der Waals surface area contributed by atoms with Gasteiger partial charge in [0.1, 0.15) is 5.82 Å². The minimum atomic E-state index is -0.170. The molecule has 1 aromatic carbocycles. The number of likely N-dealkylation sites (tertiary alicyclic amines) is 1. The van der Waals surface area contributed by atoms with Gasteiger partial charge >= 0.3 is 0 Å². The van der Waals surface area contributed by atoms with E-state index in [9.17, 15) is 9.18 Å². The number of carbonyl (C=O) groups excluding carboxylic acids is 1. The smallest absolute Gasteiger partial charge is 0.222 e. The lowest BCUT2D eigenvalue weighted by Crippen LogP contribution is -2.39. The van der Waals surface area contributed by atoms with Crippen LogP contribution in [0.3, 0.4) is 0 Å². The first-order chi connectivity index (χ1) is 10.0. The van der Waals surface area contributed by atoms with Crippen molar-refractivity contribution in [3.63, 3.8) is 0 Å². The van der Waals surface area contributed by atoms with Crippen LogP contribution in [-0.4, -0.2) is 29.9 Å². The SMILES string of the molecule is CC(N)CCC(=O)N1CCC(Cc2cccc(F)c2)CC1. The van der Waals surface area contributed by atoms with E-state index in [0.717, 1.165) is 44.3 Å². The molecule has 1 fully saturated rings. The highest BCUT2D eigenvalue weighted by Crippen LogP contribution is 2.22. The normalized spacial score (nSPS) is 17.8. The van der Waals surface area contributed by atoms with Crippen LogP contribution in [0.25, 0.3) is 0 Å². The summed E-state index contributed by atoms with van der Waals surface area (Å²) in [6.45, 7) is 3.56. The quantitative estimate of drug-likeness (QED) is 0.907. The summed E-state index contributed by atoms with van der Waals surface area (Å²) in [5.41, 5.74) is 6.74. The maximum Gasteiger partial charge on any atom is 0.222 e. The van der Waals surface area contributed by atoms with Crippen LogP contribution in [0.15, 0.2) is 24.3 Å². The molecular weight excluding hydrogens is 267 g/mol. The van der Waals surface area contributed by atoms with Gasteiger partial charge < -0.3 is 10.6 Å². The van der Waals surface area contributed by atoms with Gasteiger partial charge in [-0.15, -0.1) is 0 Å². The number of rotatable bonds is 5. The molecule has 0 aliphatic carbocycles. The summed E-state index contributed by atoms with van der Waals surface area (Å²) < 4.78 is 13.2. The van der Waals surface area contributed by atoms with E-state index >= 15 is 0 Å². The Morgan fingerprint density at radius 2 is 2.14 bits per heavy atom. The Morgan fingerprint density at radius 3 is 2.76 bits per heavy atom. The standard InChI is InChI=1S/C17H25FN2O/c1-13(19)5-6-17(21)20-9-7-14(8-10-20)11-15-3-2-4-16(18)12-15/h2-4,12-14H,5-11,19H2,1H3. The molecule has 1 aromatic rings. The molecule has 0 aromatic heterocycles. The highest BCUT2D eigenvalue weighted by molar-refractivity contribution is 5.76. The Bertz CT molecular complexity index is 468. The molecule has 0 radical (unpaired) electrons. The second kappa shape index (κ2) is 7.55. The molecule has 1 amide bonds. The molecule has 1 saturated heterocycles. The lowest BCUT2D eigenvalue weighted by atomic mass is 9.90. The maximum atomic E-state index is 13.2. The number of nitrogens with zero attached hydrogens (tertiary/aromatic N) is 1. The van der Waals surface area contributed by atoms with E-state index in [1.54, 1.807) is 12.1 Å². The number of hydrogen-bond acceptors (Lipinski definition) is 2. The molecule has 1 atom stereocenters. The zero-order chi connectivity index (χ0) is 15.2. The van der Waals surface area contributed by atoms with Crippen LogP contribution in [0.5, 0.6) is 0 Å². The average molecular weight is 292 g/mol. The van der Waals surface area contributed by atoms with Crippen LogP contribution in [0.2, 0.25) is 0 Å². The van der Waals surface area contributed by atoms with Crippen LogP contribution >= 0.6 is 0 Å². The molecule has 1 heterocycles. The van der Waals surface area contributed by atoms with E-state index in [2.05, 4.69) is 0 Å². The summed E-state index contributed by atoms with van der Waals surface area (Å²) >= 11 is 0. The maximum absolute atomic E-state index is 13.2. The first-order valence-electron chi connectivity index (χ1n) is 7.82. The van der Waals surface area contributed by atoms with E-state index in [1.807, 2.05) is 17.9 Å². The van der Waals surface area contributed by atoms with Gasteiger partial charge in [0.15, 0.2) is 0 Å². The molecule has 0 saturated carbocycles. The molecule has 3 nitrogen and oxygen atoms in total. The molecule has 1 aliphatic rings. The van der Waals surface area contributed by atoms with Crippen LogP contribution < -0.4 is 5.73 Å². The molecule has 116 valence electrons. The lowest BCUT2D eigenvalue weighted by molar-refractivity contribution is -0.132. The molecule has 0 bridgehead atoms. The predicted octanol–water partition coefficient (Wildman–Crippen LogP) is 2.73. The summed E-state index contributed by atoms with van der Waals surface area (Å²) in [5.74, 6) is 0.594. The Morgan fingerprint density at radius 1 is 1.43 bits per heavy atom. The van der Waals surface area contributed by atoms with Gasteiger partial charge in [-0.25, -0.2) is 4.39 Å². The average Bonchev–Trinajstić information content (AvgIpc) is 2.45. The molecule has 1 unspecified atom stereocenters. The van der Waals surface area contributed by atoms with Crippen LogP contribution in [0.4, 0.5) is 4.39 Å². The lowest BCUT2D eigenvalue weighted by Gasteiger charge is -2.32. The van der Waals surface area contributed by atoms with Gasteiger partial charge in [0.05, 0.1) is 0 Å². The number of piperidine rings is 1. The van der Waals surface area contributed by atoms with E-state index in [-0.39, 0.29) is 17.8 Å². The summed E-state index contributed by atoms with van der Waals surface area (Å²) in [6, 6.07) is 6.91. The fraction of sp³-hybridized carbons (Fsp3) is 0.588. The van der Waals surface area contributed by atoms with Crippen molar-refractivity contribution in [3.05, 3.63) is 35.6 Å². The summed E-state index contributed by atoms with van der Waals surface area (Å²) in [5, 5.41) is 0. The van der Waals surface area contributed by atoms with Crippen molar-refractivity contribution in [1.29, 1.82) is 0 Å². The Labute approximate surface area is 126 Å². The minimum absolute atomic E-state index is 0.0828. The number of nitrogens with two attached hydrogens (primary N) is 1. The van der Waals surface area contributed by atoms with Crippen molar-refractivity contribution in [1.82, 2.24) is 4.90 Å². The zero-order valence-electron chi connectivity index (χ0n) is 12.7. The van der Waals surface area contributed by atoms with Crippen LogP contribution in [-0.2, 0) is 11.2 Å². The molecule has 2 N–H and O–H groups in total. The largest absolute Gasteiger partial charge is 0.343 e. The zero-order valence-corrected chi connectivity index (χ0v) is 12.7.